The molecule has 0 spiro atoms. The molecule has 0 amide bonds. The Morgan fingerprint density at radius 3 is 2.79 bits per heavy atom. The molecule has 3 heterocycles. The summed E-state index contributed by atoms with van der Waals surface area (Å²) in [5.74, 6) is 0.309. The number of nitrogens with one attached hydrogen (secondary N) is 2. The van der Waals surface area contributed by atoms with E-state index in [2.05, 4.69) is 32.6 Å². The molecule has 0 saturated heterocycles. The van der Waals surface area contributed by atoms with Gasteiger partial charge in [0.15, 0.2) is 0 Å². The van der Waals surface area contributed by atoms with Crippen molar-refractivity contribution in [2.75, 3.05) is 19.0 Å². The van der Waals surface area contributed by atoms with Crippen molar-refractivity contribution in [3.8, 4) is 17.0 Å². The molecule has 4 N–H and O–H groups in total. The van der Waals surface area contributed by atoms with Gasteiger partial charge in [0.1, 0.15) is 11.7 Å². The number of hydrogen-bond donors (Lipinski definition) is 3. The molecule has 2 unspecified atom stereocenters. The van der Waals surface area contributed by atoms with Gasteiger partial charge in [0.05, 0.1) is 40.8 Å². The number of nitrogens with two attached hydrogens (primary N) is 1. The van der Waals surface area contributed by atoms with Crippen molar-refractivity contribution in [2.24, 2.45) is 10.7 Å². The van der Waals surface area contributed by atoms with Crippen molar-refractivity contribution < 1.29 is 9.13 Å². The number of pyridine rings is 1. The smallest absolute Gasteiger partial charge is 0.212 e. The summed E-state index contributed by atoms with van der Waals surface area (Å²) in [6, 6.07) is 10.6. The van der Waals surface area contributed by atoms with Crippen LogP contribution in [0, 0.1) is 5.82 Å². The minimum absolute atomic E-state index is 0.197. The van der Waals surface area contributed by atoms with Crippen LogP contribution < -0.4 is 21.1 Å². The lowest BCUT2D eigenvalue weighted by Crippen LogP contribution is -2.29. The van der Waals surface area contributed by atoms with Crippen LogP contribution in [0.3, 0.4) is 0 Å². The highest BCUT2D eigenvalue weighted by Crippen LogP contribution is 2.33. The lowest BCUT2D eigenvalue weighted by molar-refractivity contribution is 0.398. The Hall–Kier alpha value is -3.69. The predicted octanol–water partition coefficient (Wildman–Crippen LogP) is 5.57. The quantitative estimate of drug-likeness (QED) is 0.191. The summed E-state index contributed by atoms with van der Waals surface area (Å²) in [6.45, 7) is 3.18. The number of methoxy groups -OCH3 is 1. The second-order valence-electron chi connectivity index (χ2n) is 9.48. The Balaban J connectivity index is 1.55. The van der Waals surface area contributed by atoms with Crippen LogP contribution in [-0.2, 0) is 0 Å². The first kappa shape index (κ1) is 25.9. The minimum Gasteiger partial charge on any atom is -0.481 e. The molecular formula is C28H31ClFN7O. The zero-order valence-corrected chi connectivity index (χ0v) is 22.2. The molecule has 2 atom stereocenters. The summed E-state index contributed by atoms with van der Waals surface area (Å²) in [5, 5.41) is 12.3. The van der Waals surface area contributed by atoms with Gasteiger partial charge >= 0.3 is 0 Å². The van der Waals surface area contributed by atoms with Crippen molar-refractivity contribution in [2.45, 2.75) is 44.7 Å². The van der Waals surface area contributed by atoms with Crippen molar-refractivity contribution in [3.05, 3.63) is 71.4 Å². The predicted molar refractivity (Wildman–Crippen MR) is 150 cm³/mol. The lowest BCUT2D eigenvalue weighted by atomic mass is 10.1. The second-order valence-corrected chi connectivity index (χ2v) is 9.89. The van der Waals surface area contributed by atoms with Crippen molar-refractivity contribution in [1.82, 2.24) is 19.9 Å². The number of fused-ring (bicyclic) bond motifs is 1. The van der Waals surface area contributed by atoms with Gasteiger partial charge in [0, 0.05) is 47.7 Å². The van der Waals surface area contributed by atoms with E-state index in [-0.39, 0.29) is 17.6 Å². The van der Waals surface area contributed by atoms with Gasteiger partial charge in [-0.05, 0) is 56.5 Å². The van der Waals surface area contributed by atoms with Crippen LogP contribution >= 0.6 is 11.6 Å². The van der Waals surface area contributed by atoms with Gasteiger partial charge in [0.2, 0.25) is 5.88 Å². The molecule has 38 heavy (non-hydrogen) atoms. The fourth-order valence-corrected chi connectivity index (χ4v) is 5.00. The maximum absolute atomic E-state index is 13.9. The molecule has 198 valence electrons. The molecule has 5 rings (SSSR count). The van der Waals surface area contributed by atoms with E-state index in [0.29, 0.717) is 22.5 Å². The third-order valence-electron chi connectivity index (χ3n) is 6.81. The number of nitrogens with zero attached hydrogens (tertiary/aromatic N) is 4. The first-order valence-corrected chi connectivity index (χ1v) is 13.1. The largest absolute Gasteiger partial charge is 0.481 e. The van der Waals surface area contributed by atoms with Gasteiger partial charge in [-0.3, -0.25) is 0 Å². The highest BCUT2D eigenvalue weighted by molar-refractivity contribution is 6.33. The molecule has 1 fully saturated rings. The first-order valence-electron chi connectivity index (χ1n) is 12.8. The highest BCUT2D eigenvalue weighted by Gasteiger charge is 2.26. The van der Waals surface area contributed by atoms with Crippen molar-refractivity contribution in [1.29, 1.82) is 0 Å². The topological polar surface area (TPSA) is 102 Å². The van der Waals surface area contributed by atoms with Crippen LogP contribution in [0.25, 0.3) is 16.6 Å². The summed E-state index contributed by atoms with van der Waals surface area (Å²) in [4.78, 5) is 8.80. The van der Waals surface area contributed by atoms with Crippen LogP contribution in [0.4, 0.5) is 15.8 Å². The van der Waals surface area contributed by atoms with Gasteiger partial charge in [-0.2, -0.15) is 5.10 Å². The van der Waals surface area contributed by atoms with E-state index in [9.17, 15) is 4.39 Å². The molecule has 10 heteroatoms. The molecule has 0 aliphatic heterocycles. The van der Waals surface area contributed by atoms with Gasteiger partial charge in [-0.25, -0.2) is 18.9 Å². The van der Waals surface area contributed by atoms with E-state index in [1.165, 1.54) is 18.2 Å². The summed E-state index contributed by atoms with van der Waals surface area (Å²) in [7, 11) is 1.59. The highest BCUT2D eigenvalue weighted by atomic mass is 35.5. The van der Waals surface area contributed by atoms with E-state index in [0.717, 1.165) is 54.6 Å². The lowest BCUT2D eigenvalue weighted by Gasteiger charge is -2.19. The Kier molecular flexibility index (Phi) is 7.76. The SMILES string of the molecule is CCCNC1CCC(Nc2c(C(N)=Nc3cc(F)ccc3Cl)cnn3cc(-c4ccc(OC)nc4)cc23)C1. The molecule has 8 nitrogen and oxygen atoms in total. The van der Waals surface area contributed by atoms with Crippen LogP contribution in [0.15, 0.2) is 60.0 Å². The molecular weight excluding hydrogens is 505 g/mol. The third kappa shape index (κ3) is 5.58. The van der Waals surface area contributed by atoms with Crippen LogP contribution in [-0.4, -0.2) is 46.2 Å². The maximum Gasteiger partial charge on any atom is 0.212 e. The van der Waals surface area contributed by atoms with Crippen LogP contribution in [0.2, 0.25) is 5.02 Å². The standard InChI is InChI=1S/C28H31ClFN7O/c1-3-10-32-20-6-7-21(13-20)35-27-22(28(31)36-24-12-19(30)5-8-23(24)29)15-34-37-16-18(11-25(27)37)17-4-9-26(38-2)33-14-17/h4-5,8-9,11-12,14-16,20-21,32,35H,3,6-7,10,13H2,1-2H3,(H2,31,36). The summed E-state index contributed by atoms with van der Waals surface area (Å²) in [6.07, 6.45) is 9.62. The molecule has 1 saturated carbocycles. The van der Waals surface area contributed by atoms with Gasteiger partial charge in [-0.15, -0.1) is 0 Å². The van der Waals surface area contributed by atoms with Gasteiger partial charge < -0.3 is 21.1 Å². The Labute approximate surface area is 226 Å². The number of aliphatic imine (C=N–C) groups is 1. The minimum atomic E-state index is -0.436. The van der Waals surface area contributed by atoms with E-state index >= 15 is 0 Å². The van der Waals surface area contributed by atoms with E-state index in [4.69, 9.17) is 22.1 Å². The summed E-state index contributed by atoms with van der Waals surface area (Å²) < 4.78 is 20.9. The molecule has 3 aromatic heterocycles. The van der Waals surface area contributed by atoms with Crippen LogP contribution in [0.5, 0.6) is 5.88 Å². The zero-order chi connectivity index (χ0) is 26.6. The normalized spacial score (nSPS) is 17.7. The van der Waals surface area contributed by atoms with Gasteiger partial charge in [0.25, 0.3) is 0 Å². The number of amidine groups is 1. The average molecular weight is 536 g/mol. The number of rotatable bonds is 9. The average Bonchev–Trinajstić information content (AvgIpc) is 3.57. The molecule has 0 radical (unpaired) electrons. The Morgan fingerprint density at radius 2 is 2.03 bits per heavy atom. The second kappa shape index (κ2) is 11.4. The Bertz CT molecular complexity index is 1450. The number of hydrogen-bond acceptors (Lipinski definition) is 6. The molecule has 4 aromatic rings. The maximum atomic E-state index is 13.9. The zero-order valence-electron chi connectivity index (χ0n) is 21.4. The third-order valence-corrected chi connectivity index (χ3v) is 7.12. The fraction of sp³-hybridized carbons (Fsp3) is 0.321. The van der Waals surface area contributed by atoms with Crippen molar-refractivity contribution in [3.63, 3.8) is 0 Å². The van der Waals surface area contributed by atoms with Crippen molar-refractivity contribution >= 4 is 34.3 Å². The fourth-order valence-electron chi connectivity index (χ4n) is 4.84. The summed E-state index contributed by atoms with van der Waals surface area (Å²) >= 11 is 6.26. The molecule has 1 aliphatic carbocycles. The molecule has 1 aromatic carbocycles. The van der Waals surface area contributed by atoms with E-state index < -0.39 is 5.82 Å². The number of anilines is 1. The van der Waals surface area contributed by atoms with E-state index in [1.54, 1.807) is 19.5 Å². The number of aromatic nitrogens is 3. The number of halogens is 2. The molecule has 1 aliphatic rings. The van der Waals surface area contributed by atoms with Crippen LogP contribution in [0.1, 0.15) is 38.2 Å². The molecule has 0 bridgehead atoms. The van der Waals surface area contributed by atoms with Gasteiger partial charge in [-0.1, -0.05) is 18.5 Å². The van der Waals surface area contributed by atoms with E-state index in [1.807, 2.05) is 28.9 Å². The monoisotopic (exact) mass is 535 g/mol. The Morgan fingerprint density at radius 1 is 1.18 bits per heavy atom. The summed E-state index contributed by atoms with van der Waals surface area (Å²) in [5.41, 5.74) is 10.9. The number of ether oxygens (including phenoxy) is 1. The number of benzene rings is 1. The first-order chi connectivity index (χ1) is 18.4.